The Labute approximate surface area is 201 Å². The second kappa shape index (κ2) is 10.1. The lowest BCUT2D eigenvalue weighted by Gasteiger charge is -2.34. The first-order valence-electron chi connectivity index (χ1n) is 11.6. The van der Waals surface area contributed by atoms with Crippen molar-refractivity contribution in [3.8, 4) is 16.9 Å². The van der Waals surface area contributed by atoms with E-state index in [-0.39, 0.29) is 17.5 Å². The second-order valence-corrected chi connectivity index (χ2v) is 8.91. The predicted molar refractivity (Wildman–Crippen MR) is 128 cm³/mol. The molecule has 2 heterocycles. The van der Waals surface area contributed by atoms with Crippen LogP contribution >= 0.6 is 0 Å². The highest BCUT2D eigenvalue weighted by Gasteiger charge is 2.31. The number of piperidine rings is 1. The first-order chi connectivity index (χ1) is 16.6. The van der Waals surface area contributed by atoms with Gasteiger partial charge in [0.1, 0.15) is 5.75 Å². The standard InChI is InChI=1S/C26H28F3N3O3/c1-16-5-3-4-6-20(16)23-14-30-24(33)22-13-19(7-8-21(22)23)35-17(2)25(34)32-11-9-18(10-12-32)31-15-26(27,28)29/h3-8,13-14,17-18,31H,9-12,15H2,1-2H3,(H,30,33)/t17-/m1/s1. The van der Waals surface area contributed by atoms with Gasteiger partial charge >= 0.3 is 6.18 Å². The number of aromatic amines is 1. The Morgan fingerprint density at radius 2 is 1.86 bits per heavy atom. The van der Waals surface area contributed by atoms with Gasteiger partial charge in [-0.05, 0) is 61.4 Å². The molecule has 3 aromatic rings. The quantitative estimate of drug-likeness (QED) is 0.540. The molecule has 1 amide bonds. The van der Waals surface area contributed by atoms with Crippen LogP contribution in [-0.4, -0.2) is 53.7 Å². The van der Waals surface area contributed by atoms with Gasteiger partial charge in [-0.2, -0.15) is 13.2 Å². The smallest absolute Gasteiger partial charge is 0.401 e. The van der Waals surface area contributed by atoms with Gasteiger partial charge in [0.2, 0.25) is 0 Å². The van der Waals surface area contributed by atoms with Crippen LogP contribution in [0.5, 0.6) is 5.75 Å². The first kappa shape index (κ1) is 24.8. The molecule has 1 fully saturated rings. The fraction of sp³-hybridized carbons (Fsp3) is 0.385. The number of aryl methyl sites for hydroxylation is 1. The van der Waals surface area contributed by atoms with Crippen molar-refractivity contribution >= 4 is 16.7 Å². The lowest BCUT2D eigenvalue weighted by atomic mass is 9.97. The minimum Gasteiger partial charge on any atom is -0.481 e. The van der Waals surface area contributed by atoms with E-state index in [4.69, 9.17) is 4.74 Å². The van der Waals surface area contributed by atoms with Crippen LogP contribution in [0.2, 0.25) is 0 Å². The fourth-order valence-electron chi connectivity index (χ4n) is 4.49. The number of H-pyrrole nitrogens is 1. The summed E-state index contributed by atoms with van der Waals surface area (Å²) in [5.74, 6) is 0.162. The van der Waals surface area contributed by atoms with Crippen LogP contribution in [0.1, 0.15) is 25.3 Å². The summed E-state index contributed by atoms with van der Waals surface area (Å²) in [7, 11) is 0. The molecule has 1 aromatic heterocycles. The molecule has 186 valence electrons. The van der Waals surface area contributed by atoms with Crippen molar-refractivity contribution in [2.75, 3.05) is 19.6 Å². The van der Waals surface area contributed by atoms with Crippen LogP contribution in [0.4, 0.5) is 13.2 Å². The maximum atomic E-state index is 12.9. The molecule has 1 aliphatic heterocycles. The van der Waals surface area contributed by atoms with E-state index in [0.29, 0.717) is 37.1 Å². The number of hydrogen-bond acceptors (Lipinski definition) is 4. The Morgan fingerprint density at radius 1 is 1.14 bits per heavy atom. The average Bonchev–Trinajstić information content (AvgIpc) is 2.83. The largest absolute Gasteiger partial charge is 0.481 e. The van der Waals surface area contributed by atoms with Gasteiger partial charge in [-0.1, -0.05) is 24.3 Å². The number of hydrogen-bond donors (Lipinski definition) is 2. The molecule has 0 spiro atoms. The molecule has 0 radical (unpaired) electrons. The molecule has 1 atom stereocenters. The topological polar surface area (TPSA) is 74.4 Å². The summed E-state index contributed by atoms with van der Waals surface area (Å²) in [5, 5.41) is 3.74. The van der Waals surface area contributed by atoms with Crippen LogP contribution in [0, 0.1) is 6.92 Å². The van der Waals surface area contributed by atoms with E-state index >= 15 is 0 Å². The fourth-order valence-corrected chi connectivity index (χ4v) is 4.49. The lowest BCUT2D eigenvalue weighted by Crippen LogP contribution is -2.49. The molecule has 4 rings (SSSR count). The number of halogens is 3. The van der Waals surface area contributed by atoms with Crippen molar-refractivity contribution < 1.29 is 22.7 Å². The number of rotatable bonds is 6. The average molecular weight is 488 g/mol. The summed E-state index contributed by atoms with van der Waals surface area (Å²) in [6.07, 6.45) is -2.46. The molecule has 9 heteroatoms. The molecule has 35 heavy (non-hydrogen) atoms. The zero-order chi connectivity index (χ0) is 25.2. The van der Waals surface area contributed by atoms with E-state index < -0.39 is 18.8 Å². The molecule has 1 aliphatic rings. The van der Waals surface area contributed by atoms with Crippen LogP contribution < -0.4 is 15.6 Å². The van der Waals surface area contributed by atoms with Crippen molar-refractivity contribution in [2.24, 2.45) is 0 Å². The van der Waals surface area contributed by atoms with E-state index in [1.165, 1.54) is 0 Å². The van der Waals surface area contributed by atoms with E-state index in [1.54, 1.807) is 30.2 Å². The summed E-state index contributed by atoms with van der Waals surface area (Å²) in [6, 6.07) is 12.8. The molecule has 2 N–H and O–H groups in total. The van der Waals surface area contributed by atoms with Gasteiger partial charge in [0.05, 0.1) is 11.9 Å². The summed E-state index contributed by atoms with van der Waals surface area (Å²) in [6.45, 7) is 3.33. The summed E-state index contributed by atoms with van der Waals surface area (Å²) in [4.78, 5) is 29.8. The molecule has 0 aliphatic carbocycles. The molecule has 0 bridgehead atoms. The molecule has 0 saturated carbocycles. The second-order valence-electron chi connectivity index (χ2n) is 8.91. The maximum absolute atomic E-state index is 12.9. The van der Waals surface area contributed by atoms with Crippen molar-refractivity contribution in [1.82, 2.24) is 15.2 Å². The Morgan fingerprint density at radius 3 is 2.54 bits per heavy atom. The number of amides is 1. The van der Waals surface area contributed by atoms with Gasteiger partial charge in [-0.3, -0.25) is 9.59 Å². The summed E-state index contributed by atoms with van der Waals surface area (Å²) in [5.41, 5.74) is 2.74. The monoisotopic (exact) mass is 487 g/mol. The number of nitrogens with one attached hydrogen (secondary N) is 2. The van der Waals surface area contributed by atoms with Gasteiger partial charge in [-0.25, -0.2) is 0 Å². The van der Waals surface area contributed by atoms with Crippen LogP contribution in [0.25, 0.3) is 21.9 Å². The number of benzene rings is 2. The van der Waals surface area contributed by atoms with E-state index in [2.05, 4.69) is 10.3 Å². The Bertz CT molecular complexity index is 1260. The number of carbonyl (C=O) groups excluding carboxylic acids is 1. The molecular formula is C26H28F3N3O3. The molecule has 2 aromatic carbocycles. The van der Waals surface area contributed by atoms with Crippen molar-refractivity contribution in [1.29, 1.82) is 0 Å². The third-order valence-electron chi connectivity index (χ3n) is 6.37. The Kier molecular flexibility index (Phi) is 7.16. The van der Waals surface area contributed by atoms with Gasteiger partial charge in [0, 0.05) is 30.9 Å². The van der Waals surface area contributed by atoms with E-state index in [0.717, 1.165) is 22.1 Å². The molecule has 6 nitrogen and oxygen atoms in total. The third-order valence-corrected chi connectivity index (χ3v) is 6.37. The number of fused-ring (bicyclic) bond motifs is 1. The van der Waals surface area contributed by atoms with Crippen molar-refractivity contribution in [3.05, 3.63) is 64.6 Å². The Balaban J connectivity index is 1.44. The zero-order valence-electron chi connectivity index (χ0n) is 19.6. The van der Waals surface area contributed by atoms with Crippen LogP contribution in [0.15, 0.2) is 53.5 Å². The highest BCUT2D eigenvalue weighted by molar-refractivity contribution is 5.97. The number of pyridine rings is 1. The number of likely N-dealkylation sites (tertiary alicyclic amines) is 1. The van der Waals surface area contributed by atoms with Gasteiger partial charge in [0.15, 0.2) is 6.10 Å². The highest BCUT2D eigenvalue weighted by Crippen LogP contribution is 2.30. The predicted octanol–water partition coefficient (Wildman–Crippen LogP) is 4.41. The van der Waals surface area contributed by atoms with Crippen LogP contribution in [-0.2, 0) is 4.79 Å². The number of aromatic nitrogens is 1. The van der Waals surface area contributed by atoms with Crippen molar-refractivity contribution in [2.45, 2.75) is 45.0 Å². The number of carbonyl (C=O) groups is 1. The lowest BCUT2D eigenvalue weighted by molar-refractivity contribution is -0.140. The minimum absolute atomic E-state index is 0.234. The zero-order valence-corrected chi connectivity index (χ0v) is 19.6. The number of nitrogens with zero attached hydrogens (tertiary/aromatic N) is 1. The highest BCUT2D eigenvalue weighted by atomic mass is 19.4. The normalized spacial score (nSPS) is 15.9. The molecule has 0 unspecified atom stereocenters. The van der Waals surface area contributed by atoms with Gasteiger partial charge in [0.25, 0.3) is 11.5 Å². The van der Waals surface area contributed by atoms with E-state index in [1.807, 2.05) is 37.3 Å². The summed E-state index contributed by atoms with van der Waals surface area (Å²) >= 11 is 0. The van der Waals surface area contributed by atoms with Gasteiger partial charge < -0.3 is 19.9 Å². The first-order valence-corrected chi connectivity index (χ1v) is 11.6. The van der Waals surface area contributed by atoms with Crippen LogP contribution in [0.3, 0.4) is 0 Å². The SMILES string of the molecule is Cc1ccccc1-c1c[nH]c(=O)c2cc(O[C@H](C)C(=O)N3CCC(NCC(F)(F)F)CC3)ccc12. The number of ether oxygens (including phenoxy) is 1. The third kappa shape index (κ3) is 5.85. The molecule has 1 saturated heterocycles. The Hall–Kier alpha value is -3.33. The number of alkyl halides is 3. The van der Waals surface area contributed by atoms with Gasteiger partial charge in [-0.15, -0.1) is 0 Å². The maximum Gasteiger partial charge on any atom is 0.401 e. The van der Waals surface area contributed by atoms with Crippen molar-refractivity contribution in [3.63, 3.8) is 0 Å². The van der Waals surface area contributed by atoms with E-state index in [9.17, 15) is 22.8 Å². The molecular weight excluding hydrogens is 459 g/mol. The minimum atomic E-state index is -4.25. The summed E-state index contributed by atoms with van der Waals surface area (Å²) < 4.78 is 43.1.